The predicted molar refractivity (Wildman–Crippen MR) is 131 cm³/mol. The van der Waals surface area contributed by atoms with Crippen LogP contribution >= 0.6 is 11.8 Å². The number of aromatic nitrogens is 3. The van der Waals surface area contributed by atoms with E-state index in [1.165, 1.54) is 11.8 Å². The Morgan fingerprint density at radius 2 is 1.91 bits per heavy atom. The molecule has 0 aliphatic rings. The van der Waals surface area contributed by atoms with Crippen LogP contribution in [0.15, 0.2) is 64.9 Å². The molecular weight excluding hydrogens is 442 g/mol. The number of methoxy groups -OCH3 is 2. The average molecular weight is 468 g/mol. The van der Waals surface area contributed by atoms with Crippen LogP contribution in [0.1, 0.15) is 12.5 Å². The van der Waals surface area contributed by atoms with Crippen LogP contribution in [0, 0.1) is 0 Å². The zero-order valence-corrected chi connectivity index (χ0v) is 19.3. The number of ether oxygens (including phenoxy) is 2. The second-order valence-electron chi connectivity index (χ2n) is 6.69. The SMILES string of the molecule is COc1ccc(NC(=O)CSc2nnc(N/N=C(C)/C=C/c3ccccc3)n2N)cc1OC. The number of carbonyl (C=O) groups excluding carboxylic acids is 1. The standard InChI is InChI=1S/C22H25N7O3S/c1-15(9-10-16-7-5-4-6-8-16)25-26-21-27-28-22(29(21)23)33-14-20(30)24-17-11-12-18(31-2)19(13-17)32-3/h4-13H,14,23H2,1-3H3,(H,24,30)(H,26,27)/b10-9+,25-15+. The first-order valence-electron chi connectivity index (χ1n) is 9.88. The highest BCUT2D eigenvalue weighted by atomic mass is 32.2. The fourth-order valence-corrected chi connectivity index (χ4v) is 3.31. The molecule has 10 nitrogen and oxygen atoms in total. The lowest BCUT2D eigenvalue weighted by Crippen LogP contribution is -2.17. The number of hydrogen-bond acceptors (Lipinski definition) is 9. The van der Waals surface area contributed by atoms with E-state index in [2.05, 4.69) is 26.0 Å². The lowest BCUT2D eigenvalue weighted by Gasteiger charge is -2.10. The Balaban J connectivity index is 1.53. The Labute approximate surface area is 195 Å². The number of carbonyl (C=O) groups is 1. The molecule has 11 heteroatoms. The molecule has 0 spiro atoms. The zero-order valence-electron chi connectivity index (χ0n) is 18.5. The van der Waals surface area contributed by atoms with Gasteiger partial charge in [-0.25, -0.2) is 10.1 Å². The number of hydrazone groups is 1. The first kappa shape index (κ1) is 23.7. The highest BCUT2D eigenvalue weighted by Crippen LogP contribution is 2.29. The van der Waals surface area contributed by atoms with Crippen LogP contribution in [0.25, 0.3) is 6.08 Å². The third-order valence-corrected chi connectivity index (χ3v) is 5.26. The molecule has 0 aliphatic heterocycles. The summed E-state index contributed by atoms with van der Waals surface area (Å²) in [5.74, 6) is 7.24. The van der Waals surface area contributed by atoms with Gasteiger partial charge < -0.3 is 20.6 Å². The van der Waals surface area contributed by atoms with E-state index < -0.39 is 0 Å². The van der Waals surface area contributed by atoms with E-state index in [0.29, 0.717) is 22.3 Å². The number of benzene rings is 2. The Morgan fingerprint density at radius 3 is 2.64 bits per heavy atom. The van der Waals surface area contributed by atoms with Gasteiger partial charge in [-0.15, -0.1) is 10.2 Å². The minimum absolute atomic E-state index is 0.0891. The van der Waals surface area contributed by atoms with Crippen molar-refractivity contribution in [2.24, 2.45) is 5.10 Å². The van der Waals surface area contributed by atoms with Gasteiger partial charge in [0.2, 0.25) is 11.1 Å². The van der Waals surface area contributed by atoms with Crippen molar-refractivity contribution < 1.29 is 14.3 Å². The quantitative estimate of drug-likeness (QED) is 0.179. The Kier molecular flexibility index (Phi) is 8.30. The van der Waals surface area contributed by atoms with Gasteiger partial charge >= 0.3 is 0 Å². The summed E-state index contributed by atoms with van der Waals surface area (Å²) in [5, 5.41) is 15.4. The fourth-order valence-electron chi connectivity index (χ4n) is 2.65. The minimum atomic E-state index is -0.232. The van der Waals surface area contributed by atoms with Crippen LogP contribution < -0.4 is 26.1 Å². The molecule has 0 unspecified atom stereocenters. The number of rotatable bonds is 10. The van der Waals surface area contributed by atoms with Gasteiger partial charge in [0.25, 0.3) is 5.95 Å². The van der Waals surface area contributed by atoms with Crippen LogP contribution in [-0.4, -0.2) is 46.5 Å². The summed E-state index contributed by atoms with van der Waals surface area (Å²) >= 11 is 1.15. The second kappa shape index (κ2) is 11.6. The number of nitrogens with one attached hydrogen (secondary N) is 2. The summed E-state index contributed by atoms with van der Waals surface area (Å²) in [6.45, 7) is 1.85. The Bertz CT molecular complexity index is 1150. The number of allylic oxidation sites excluding steroid dienone is 1. The Hall–Kier alpha value is -3.99. The van der Waals surface area contributed by atoms with Crippen molar-refractivity contribution in [2.75, 3.05) is 36.6 Å². The molecule has 0 atom stereocenters. The maximum atomic E-state index is 12.3. The van der Waals surface area contributed by atoms with Gasteiger partial charge in [-0.1, -0.05) is 48.2 Å². The van der Waals surface area contributed by atoms with Crippen molar-refractivity contribution in [3.05, 3.63) is 60.2 Å². The summed E-state index contributed by atoms with van der Waals surface area (Å²) in [6, 6.07) is 15.0. The third-order valence-electron chi connectivity index (χ3n) is 4.31. The zero-order chi connectivity index (χ0) is 23.6. The van der Waals surface area contributed by atoms with E-state index >= 15 is 0 Å². The van der Waals surface area contributed by atoms with Crippen molar-refractivity contribution in [1.29, 1.82) is 0 Å². The number of nitrogens with two attached hydrogens (primary N) is 1. The van der Waals surface area contributed by atoms with E-state index in [4.69, 9.17) is 15.3 Å². The molecule has 3 aromatic rings. The number of nitrogens with zero attached hydrogens (tertiary/aromatic N) is 4. The predicted octanol–water partition coefficient (Wildman–Crippen LogP) is 3.24. The molecule has 0 saturated carbocycles. The van der Waals surface area contributed by atoms with Crippen LogP contribution in [0.5, 0.6) is 11.5 Å². The van der Waals surface area contributed by atoms with Crippen LogP contribution in [-0.2, 0) is 4.79 Å². The molecule has 1 amide bonds. The molecule has 3 rings (SSSR count). The number of nitrogen functional groups attached to an aromatic ring is 1. The normalized spacial score (nSPS) is 11.4. The first-order chi connectivity index (χ1) is 16.0. The molecule has 1 aromatic heterocycles. The highest BCUT2D eigenvalue weighted by molar-refractivity contribution is 7.99. The number of thioether (sulfide) groups is 1. The maximum absolute atomic E-state index is 12.3. The summed E-state index contributed by atoms with van der Waals surface area (Å²) in [5.41, 5.74) is 5.16. The van der Waals surface area contributed by atoms with Gasteiger partial charge in [0.1, 0.15) is 0 Å². The largest absolute Gasteiger partial charge is 0.493 e. The first-order valence-corrected chi connectivity index (χ1v) is 10.9. The molecule has 0 bridgehead atoms. The van der Waals surface area contributed by atoms with Crippen LogP contribution in [0.4, 0.5) is 11.6 Å². The van der Waals surface area contributed by atoms with Gasteiger partial charge in [-0.3, -0.25) is 4.79 Å². The highest BCUT2D eigenvalue weighted by Gasteiger charge is 2.13. The molecule has 2 aromatic carbocycles. The molecular formula is C22H25N7O3S. The van der Waals surface area contributed by atoms with Gasteiger partial charge in [-0.05, 0) is 30.7 Å². The van der Waals surface area contributed by atoms with Crippen molar-refractivity contribution in [2.45, 2.75) is 12.1 Å². The lowest BCUT2D eigenvalue weighted by atomic mass is 10.2. The average Bonchev–Trinajstić information content (AvgIpc) is 3.19. The molecule has 0 radical (unpaired) electrons. The van der Waals surface area contributed by atoms with E-state index in [0.717, 1.165) is 23.0 Å². The molecule has 0 saturated heterocycles. The van der Waals surface area contributed by atoms with E-state index in [1.54, 1.807) is 25.3 Å². The molecule has 1 heterocycles. The van der Waals surface area contributed by atoms with E-state index in [1.807, 2.05) is 49.4 Å². The summed E-state index contributed by atoms with van der Waals surface area (Å²) in [6.07, 6.45) is 3.82. The lowest BCUT2D eigenvalue weighted by molar-refractivity contribution is -0.113. The van der Waals surface area contributed by atoms with Gasteiger partial charge in [0.15, 0.2) is 11.5 Å². The third kappa shape index (κ3) is 6.74. The van der Waals surface area contributed by atoms with Gasteiger partial charge in [0.05, 0.1) is 25.7 Å². The molecule has 33 heavy (non-hydrogen) atoms. The summed E-state index contributed by atoms with van der Waals surface area (Å²) < 4.78 is 11.7. The molecule has 172 valence electrons. The molecule has 4 N–H and O–H groups in total. The van der Waals surface area contributed by atoms with E-state index in [9.17, 15) is 4.79 Å². The monoisotopic (exact) mass is 467 g/mol. The smallest absolute Gasteiger partial charge is 0.264 e. The van der Waals surface area contributed by atoms with Gasteiger partial charge in [-0.2, -0.15) is 5.10 Å². The fraction of sp³-hybridized carbons (Fsp3) is 0.182. The van der Waals surface area contributed by atoms with Crippen LogP contribution in [0.2, 0.25) is 0 Å². The Morgan fingerprint density at radius 1 is 1.15 bits per heavy atom. The topological polar surface area (TPSA) is 129 Å². The van der Waals surface area contributed by atoms with Crippen molar-refractivity contribution in [1.82, 2.24) is 14.9 Å². The van der Waals surface area contributed by atoms with Crippen molar-refractivity contribution >= 4 is 41.1 Å². The second-order valence-corrected chi connectivity index (χ2v) is 7.63. The van der Waals surface area contributed by atoms with E-state index in [-0.39, 0.29) is 17.6 Å². The number of anilines is 2. The minimum Gasteiger partial charge on any atom is -0.493 e. The maximum Gasteiger partial charge on any atom is 0.264 e. The molecule has 0 fully saturated rings. The number of amides is 1. The molecule has 0 aliphatic carbocycles. The van der Waals surface area contributed by atoms with Crippen molar-refractivity contribution in [3.63, 3.8) is 0 Å². The summed E-state index contributed by atoms with van der Waals surface area (Å²) in [7, 11) is 3.08. The van der Waals surface area contributed by atoms with Crippen molar-refractivity contribution in [3.8, 4) is 11.5 Å². The number of hydrogen-bond donors (Lipinski definition) is 3. The van der Waals surface area contributed by atoms with Crippen LogP contribution in [0.3, 0.4) is 0 Å². The van der Waals surface area contributed by atoms with Gasteiger partial charge in [0, 0.05) is 11.8 Å². The summed E-state index contributed by atoms with van der Waals surface area (Å²) in [4.78, 5) is 12.3.